The summed E-state index contributed by atoms with van der Waals surface area (Å²) in [5.74, 6) is 0.397. The normalized spacial score (nSPS) is 17.4. The molecule has 8 rings (SSSR count). The van der Waals surface area contributed by atoms with Gasteiger partial charge in [-0.1, -0.05) is 135 Å². The van der Waals surface area contributed by atoms with Gasteiger partial charge in [0.05, 0.1) is 22.3 Å². The van der Waals surface area contributed by atoms with E-state index in [2.05, 4.69) is 16.0 Å². The van der Waals surface area contributed by atoms with Crippen LogP contribution in [0.5, 0.6) is 0 Å². The van der Waals surface area contributed by atoms with Gasteiger partial charge in [0.2, 0.25) is 25.2 Å². The highest BCUT2D eigenvalue weighted by Crippen LogP contribution is 2.46. The second-order valence-electron chi connectivity index (χ2n) is 16.5. The monoisotopic (exact) mass is 911 g/mol. The highest BCUT2D eigenvalue weighted by molar-refractivity contribution is 6.66. The molecule has 4 aromatic carbocycles. The Balaban J connectivity index is 0.000000240. The Morgan fingerprint density at radius 2 is 0.851 bits per heavy atom. The zero-order chi connectivity index (χ0) is 47.3. The first-order chi connectivity index (χ1) is 32.4. The summed E-state index contributed by atoms with van der Waals surface area (Å²) in [4.78, 5) is 63.6. The second-order valence-corrected chi connectivity index (χ2v) is 16.5. The molecule has 3 amide bonds. The van der Waals surface area contributed by atoms with Gasteiger partial charge in [0.15, 0.2) is 35.2 Å². The highest BCUT2D eigenvalue weighted by atomic mass is 16.7. The molecule has 4 aromatic rings. The van der Waals surface area contributed by atoms with Gasteiger partial charge >= 0.3 is 18.3 Å². The Morgan fingerprint density at radius 3 is 1.22 bits per heavy atom. The van der Waals surface area contributed by atoms with Crippen molar-refractivity contribution >= 4 is 52.1 Å². The van der Waals surface area contributed by atoms with Crippen molar-refractivity contribution in [2.24, 2.45) is 0 Å². The van der Waals surface area contributed by atoms with E-state index in [0.29, 0.717) is 58.3 Å². The lowest BCUT2D eigenvalue weighted by Crippen LogP contribution is -2.44. The van der Waals surface area contributed by atoms with Gasteiger partial charge in [-0.05, 0) is 55.9 Å². The molecule has 348 valence electrons. The summed E-state index contributed by atoms with van der Waals surface area (Å²) in [6.07, 6.45) is -1.93. The van der Waals surface area contributed by atoms with E-state index in [1.807, 2.05) is 104 Å². The van der Waals surface area contributed by atoms with Crippen molar-refractivity contribution in [3.05, 3.63) is 167 Å². The first-order valence-corrected chi connectivity index (χ1v) is 22.1. The minimum absolute atomic E-state index is 0.00209. The maximum atomic E-state index is 13.2. The summed E-state index contributed by atoms with van der Waals surface area (Å²) in [6, 6.07) is 36.7. The summed E-state index contributed by atoms with van der Waals surface area (Å²) in [6.45, 7) is 8.27. The lowest BCUT2D eigenvalue weighted by molar-refractivity contribution is -0.130. The summed E-state index contributed by atoms with van der Waals surface area (Å²) in [5, 5.41) is 8.18. The molecule has 3 N–H and O–H groups in total. The fourth-order valence-corrected chi connectivity index (χ4v) is 7.59. The number of ether oxygens (including phenoxy) is 7. The van der Waals surface area contributed by atoms with Crippen LogP contribution in [0.4, 0.5) is 14.4 Å². The average molecular weight is 912 g/mol. The predicted octanol–water partition coefficient (Wildman–Crippen LogP) is 8.70. The van der Waals surface area contributed by atoms with Crippen molar-refractivity contribution in [3.8, 4) is 0 Å². The number of nitrogens with one attached hydrogen (secondary N) is 3. The SMILES string of the molecule is CCCCNC(=O)OC1C(c2ccccc2)=C2OCOC2=C(c2ccccc2)C1OC(=O)NCCCNC(=O)OC(C)(C)C.O=C1C(=O)C(c2ccccc2)=C2OCOC2=C1c1ccccc1. The highest BCUT2D eigenvalue weighted by Gasteiger charge is 2.47. The molecule has 0 radical (unpaired) electrons. The number of allylic oxidation sites excluding steroid dienone is 2. The molecule has 0 aromatic heterocycles. The number of hydrogen-bond donors (Lipinski definition) is 3. The Labute approximate surface area is 388 Å². The van der Waals surface area contributed by atoms with Gasteiger partial charge in [-0.25, -0.2) is 14.4 Å². The molecule has 15 nitrogen and oxygen atoms in total. The van der Waals surface area contributed by atoms with Crippen molar-refractivity contribution in [2.45, 2.75) is 64.8 Å². The molecule has 0 saturated carbocycles. The Bertz CT molecular complexity index is 2490. The zero-order valence-corrected chi connectivity index (χ0v) is 37.8. The number of fused-ring (bicyclic) bond motifs is 2. The molecular formula is C52H53N3O12. The van der Waals surface area contributed by atoms with Crippen LogP contribution in [-0.4, -0.2) is 80.9 Å². The number of carbonyl (C=O) groups is 5. The molecular weight excluding hydrogens is 859 g/mol. The van der Waals surface area contributed by atoms with Crippen LogP contribution in [0.1, 0.15) is 69.2 Å². The molecule has 2 fully saturated rings. The van der Waals surface area contributed by atoms with Crippen molar-refractivity contribution < 1.29 is 57.1 Å². The van der Waals surface area contributed by atoms with Gasteiger partial charge in [0.25, 0.3) is 0 Å². The Morgan fingerprint density at radius 1 is 0.507 bits per heavy atom. The topological polar surface area (TPSA) is 186 Å². The Kier molecular flexibility index (Phi) is 15.4. The lowest BCUT2D eigenvalue weighted by atomic mass is 9.83. The first-order valence-electron chi connectivity index (χ1n) is 22.1. The number of benzene rings is 4. The number of carbonyl (C=O) groups excluding carboxylic acids is 5. The number of Topliss-reactive ketones (excluding diaryl/α,β-unsaturated/α-hetero) is 2. The van der Waals surface area contributed by atoms with Crippen LogP contribution in [0.15, 0.2) is 144 Å². The van der Waals surface area contributed by atoms with Crippen molar-refractivity contribution in [1.29, 1.82) is 0 Å². The van der Waals surface area contributed by atoms with Crippen LogP contribution < -0.4 is 16.0 Å². The molecule has 0 bridgehead atoms. The van der Waals surface area contributed by atoms with E-state index in [1.165, 1.54) is 0 Å². The van der Waals surface area contributed by atoms with Crippen LogP contribution in [0.3, 0.4) is 0 Å². The maximum absolute atomic E-state index is 13.2. The molecule has 2 aliphatic carbocycles. The van der Waals surface area contributed by atoms with E-state index in [-0.39, 0.29) is 37.8 Å². The van der Waals surface area contributed by atoms with Crippen molar-refractivity contribution in [1.82, 2.24) is 16.0 Å². The Hall–Kier alpha value is -7.81. The number of hydrogen-bond acceptors (Lipinski definition) is 12. The number of rotatable bonds is 13. The predicted molar refractivity (Wildman–Crippen MR) is 248 cm³/mol. The maximum Gasteiger partial charge on any atom is 0.407 e. The summed E-state index contributed by atoms with van der Waals surface area (Å²) in [7, 11) is 0. The second kappa shape index (κ2) is 21.9. The van der Waals surface area contributed by atoms with Crippen LogP contribution in [0.2, 0.25) is 0 Å². The fourth-order valence-electron chi connectivity index (χ4n) is 7.59. The van der Waals surface area contributed by atoms with Crippen LogP contribution >= 0.6 is 0 Å². The van der Waals surface area contributed by atoms with Gasteiger partial charge in [-0.15, -0.1) is 0 Å². The van der Waals surface area contributed by atoms with E-state index in [1.54, 1.807) is 45.0 Å². The fraction of sp³-hybridized carbons (Fsp3) is 0.288. The van der Waals surface area contributed by atoms with Gasteiger partial charge in [0.1, 0.15) is 5.60 Å². The minimum atomic E-state index is -1.08. The molecule has 4 aliphatic rings. The molecule has 2 atom stereocenters. The molecule has 2 aliphatic heterocycles. The van der Waals surface area contributed by atoms with E-state index in [9.17, 15) is 24.0 Å². The lowest BCUT2D eigenvalue weighted by Gasteiger charge is -2.34. The van der Waals surface area contributed by atoms with Crippen LogP contribution in [0, 0.1) is 0 Å². The number of amides is 3. The third kappa shape index (κ3) is 11.5. The summed E-state index contributed by atoms with van der Waals surface area (Å²) >= 11 is 0. The molecule has 2 saturated heterocycles. The number of alkyl carbamates (subject to hydrolysis) is 3. The number of ketones is 2. The third-order valence-corrected chi connectivity index (χ3v) is 10.5. The molecule has 2 heterocycles. The summed E-state index contributed by atoms with van der Waals surface area (Å²) < 4.78 is 40.3. The quantitative estimate of drug-likeness (QED) is 0.0502. The number of unbranched alkanes of at least 4 members (excludes halogenated alkanes) is 1. The standard InChI is InChI=1S/C33H41N3O8.C19H12O4/c1-5-6-18-34-30(37)42-28-24(22-14-9-7-10-15-22)26-27(41-21-40-26)25(23-16-11-8-12-17-23)29(28)43-31(38)35-19-13-20-36-32(39)44-33(2,3)4;20-16-14(12-7-3-1-4-8-12)18-19(23-11-22-18)15(17(16)21)13-9-5-2-6-10-13/h7-12,14-17,28-29H,5-6,13,18-21H2,1-4H3,(H,34,37)(H,35,38)(H,36,39);1-10H,11H2. The van der Waals surface area contributed by atoms with E-state index in [4.69, 9.17) is 33.2 Å². The molecule has 0 spiro atoms. The van der Waals surface area contributed by atoms with E-state index < -0.39 is 47.7 Å². The molecule has 15 heteroatoms. The molecule has 2 unspecified atom stereocenters. The smallest absolute Gasteiger partial charge is 0.407 e. The van der Waals surface area contributed by atoms with Gasteiger partial charge in [-0.3, -0.25) is 9.59 Å². The average Bonchev–Trinajstić information content (AvgIpc) is 4.01. The summed E-state index contributed by atoms with van der Waals surface area (Å²) in [5.41, 5.74) is 3.72. The van der Waals surface area contributed by atoms with Gasteiger partial charge in [0, 0.05) is 19.6 Å². The van der Waals surface area contributed by atoms with Crippen molar-refractivity contribution in [3.63, 3.8) is 0 Å². The van der Waals surface area contributed by atoms with Gasteiger partial charge < -0.3 is 49.1 Å². The van der Waals surface area contributed by atoms with Crippen LogP contribution in [0.25, 0.3) is 22.3 Å². The minimum Gasteiger partial charge on any atom is -0.453 e. The largest absolute Gasteiger partial charge is 0.453 e. The van der Waals surface area contributed by atoms with Gasteiger partial charge in [-0.2, -0.15) is 0 Å². The first kappa shape index (κ1) is 47.2. The zero-order valence-electron chi connectivity index (χ0n) is 37.8. The van der Waals surface area contributed by atoms with Crippen LogP contribution in [-0.2, 0) is 42.7 Å². The van der Waals surface area contributed by atoms with E-state index >= 15 is 0 Å². The van der Waals surface area contributed by atoms with Crippen molar-refractivity contribution in [2.75, 3.05) is 33.2 Å². The van der Waals surface area contributed by atoms with E-state index in [0.717, 1.165) is 24.0 Å². The molecule has 67 heavy (non-hydrogen) atoms. The third-order valence-electron chi connectivity index (χ3n) is 10.5.